The van der Waals surface area contributed by atoms with Crippen LogP contribution in [0.3, 0.4) is 0 Å². The summed E-state index contributed by atoms with van der Waals surface area (Å²) in [7, 11) is -3.34. The van der Waals surface area contributed by atoms with Gasteiger partial charge in [0, 0.05) is 30.1 Å². The van der Waals surface area contributed by atoms with E-state index in [2.05, 4.69) is 26.1 Å². The highest BCUT2D eigenvalue weighted by atomic mass is 32.2. The van der Waals surface area contributed by atoms with Crippen LogP contribution >= 0.6 is 11.3 Å². The zero-order valence-corrected chi connectivity index (χ0v) is 15.1. The third-order valence-corrected chi connectivity index (χ3v) is 7.62. The van der Waals surface area contributed by atoms with E-state index in [4.69, 9.17) is 0 Å². The third kappa shape index (κ3) is 3.67. The van der Waals surface area contributed by atoms with Crippen molar-refractivity contribution in [2.75, 3.05) is 6.54 Å². The van der Waals surface area contributed by atoms with Crippen LogP contribution in [0.15, 0.2) is 10.3 Å². The summed E-state index contributed by atoms with van der Waals surface area (Å²) in [6.45, 7) is 11.7. The molecule has 0 saturated carbocycles. The minimum Gasteiger partial charge on any atom is -0.310 e. The van der Waals surface area contributed by atoms with Gasteiger partial charge in [-0.1, -0.05) is 20.8 Å². The van der Waals surface area contributed by atoms with Crippen LogP contribution in [0, 0.1) is 12.8 Å². The quantitative estimate of drug-likeness (QED) is 0.903. The molecule has 1 aliphatic heterocycles. The Morgan fingerprint density at radius 1 is 1.43 bits per heavy atom. The predicted molar refractivity (Wildman–Crippen MR) is 88.2 cm³/mol. The van der Waals surface area contributed by atoms with Crippen molar-refractivity contribution in [1.82, 2.24) is 9.62 Å². The Hall–Kier alpha value is -0.430. The van der Waals surface area contributed by atoms with Gasteiger partial charge in [0.15, 0.2) is 0 Å². The summed E-state index contributed by atoms with van der Waals surface area (Å²) in [5.41, 5.74) is 1.06. The monoisotopic (exact) mass is 330 g/mol. The van der Waals surface area contributed by atoms with Crippen LogP contribution in [-0.4, -0.2) is 31.4 Å². The molecule has 0 spiro atoms. The highest BCUT2D eigenvalue weighted by Gasteiger charge is 2.37. The number of sulfonamides is 1. The normalized spacial score (nSPS) is 24.1. The van der Waals surface area contributed by atoms with E-state index in [1.165, 1.54) is 11.3 Å². The Labute approximate surface area is 132 Å². The molecule has 21 heavy (non-hydrogen) atoms. The van der Waals surface area contributed by atoms with Crippen molar-refractivity contribution in [3.63, 3.8) is 0 Å². The fourth-order valence-electron chi connectivity index (χ4n) is 2.80. The SMILES string of the molecule is Cc1cc(S(=O)(=O)N2CC(C)CC2C)sc1CNC(C)C. The number of nitrogens with one attached hydrogen (secondary N) is 1. The molecule has 0 amide bonds. The van der Waals surface area contributed by atoms with Gasteiger partial charge in [0.05, 0.1) is 0 Å². The summed E-state index contributed by atoms with van der Waals surface area (Å²) in [6.07, 6.45) is 0.950. The molecule has 1 fully saturated rings. The lowest BCUT2D eigenvalue weighted by Crippen LogP contribution is -2.33. The molecule has 2 heterocycles. The number of thiophene rings is 1. The molecule has 0 radical (unpaired) electrons. The summed E-state index contributed by atoms with van der Waals surface area (Å²) < 4.78 is 27.8. The Morgan fingerprint density at radius 3 is 2.62 bits per heavy atom. The Bertz CT molecular complexity index is 593. The van der Waals surface area contributed by atoms with Gasteiger partial charge in [-0.2, -0.15) is 4.31 Å². The fourth-order valence-corrected chi connectivity index (χ4v) is 6.23. The first kappa shape index (κ1) is 16.9. The maximum atomic E-state index is 12.8. The van der Waals surface area contributed by atoms with E-state index in [0.717, 1.165) is 23.4 Å². The summed E-state index contributed by atoms with van der Waals surface area (Å²) >= 11 is 1.41. The van der Waals surface area contributed by atoms with Crippen LogP contribution in [0.4, 0.5) is 0 Å². The molecule has 0 bridgehead atoms. The van der Waals surface area contributed by atoms with E-state index in [0.29, 0.717) is 22.7 Å². The molecule has 1 N–H and O–H groups in total. The second-order valence-electron chi connectivity index (χ2n) is 6.47. The van der Waals surface area contributed by atoms with Crippen molar-refractivity contribution in [3.8, 4) is 0 Å². The molecule has 2 atom stereocenters. The molecule has 6 heteroatoms. The molecular formula is C15H26N2O2S2. The zero-order valence-electron chi connectivity index (χ0n) is 13.5. The van der Waals surface area contributed by atoms with Gasteiger partial charge in [-0.05, 0) is 37.8 Å². The lowest BCUT2D eigenvalue weighted by molar-refractivity contribution is 0.407. The van der Waals surface area contributed by atoms with Crippen molar-refractivity contribution in [2.24, 2.45) is 5.92 Å². The van der Waals surface area contributed by atoms with Gasteiger partial charge in [-0.3, -0.25) is 0 Å². The van der Waals surface area contributed by atoms with Gasteiger partial charge < -0.3 is 5.32 Å². The van der Waals surface area contributed by atoms with E-state index in [9.17, 15) is 8.42 Å². The van der Waals surface area contributed by atoms with E-state index in [1.54, 1.807) is 4.31 Å². The summed E-state index contributed by atoms with van der Waals surface area (Å²) in [5, 5.41) is 3.35. The van der Waals surface area contributed by atoms with Crippen LogP contribution in [0.5, 0.6) is 0 Å². The van der Waals surface area contributed by atoms with Crippen molar-refractivity contribution >= 4 is 21.4 Å². The summed E-state index contributed by atoms with van der Waals surface area (Å²) in [6, 6.07) is 2.32. The summed E-state index contributed by atoms with van der Waals surface area (Å²) in [5.74, 6) is 0.443. The largest absolute Gasteiger partial charge is 0.310 e. The van der Waals surface area contributed by atoms with Crippen LogP contribution < -0.4 is 5.32 Å². The van der Waals surface area contributed by atoms with E-state index in [1.807, 2.05) is 19.9 Å². The second kappa shape index (κ2) is 6.36. The topological polar surface area (TPSA) is 49.4 Å². The molecular weight excluding hydrogens is 304 g/mol. The van der Waals surface area contributed by atoms with Gasteiger partial charge in [0.2, 0.25) is 0 Å². The minimum atomic E-state index is -3.34. The Morgan fingerprint density at radius 2 is 2.10 bits per heavy atom. The standard InChI is InChI=1S/C15H26N2O2S2/c1-10(2)16-8-14-12(4)7-15(20-14)21(18,19)17-9-11(3)6-13(17)5/h7,10-11,13,16H,6,8-9H2,1-5H3. The van der Waals surface area contributed by atoms with E-state index in [-0.39, 0.29) is 6.04 Å². The number of hydrogen-bond donors (Lipinski definition) is 1. The summed E-state index contributed by atoms with van der Waals surface area (Å²) in [4.78, 5) is 1.11. The van der Waals surface area contributed by atoms with E-state index < -0.39 is 10.0 Å². The maximum Gasteiger partial charge on any atom is 0.252 e. The first-order valence-corrected chi connectivity index (χ1v) is 9.82. The Kier molecular flexibility index (Phi) is 5.13. The predicted octanol–water partition coefficient (Wildman–Crippen LogP) is 2.97. The lowest BCUT2D eigenvalue weighted by atomic mass is 10.1. The molecule has 1 aliphatic rings. The number of hydrogen-bond acceptors (Lipinski definition) is 4. The van der Waals surface area contributed by atoms with Crippen molar-refractivity contribution in [1.29, 1.82) is 0 Å². The average Bonchev–Trinajstić information content (AvgIpc) is 2.90. The third-order valence-electron chi connectivity index (χ3n) is 3.96. The van der Waals surface area contributed by atoms with Crippen LogP contribution in [0.25, 0.3) is 0 Å². The van der Waals surface area contributed by atoms with Crippen LogP contribution in [0.2, 0.25) is 0 Å². The number of aryl methyl sites for hydroxylation is 1. The first-order chi connectivity index (χ1) is 9.71. The van der Waals surface area contributed by atoms with Crippen molar-refractivity contribution in [2.45, 2.75) is 63.9 Å². The van der Waals surface area contributed by atoms with Gasteiger partial charge in [-0.15, -0.1) is 11.3 Å². The number of nitrogens with zero attached hydrogens (tertiary/aromatic N) is 1. The molecule has 0 aromatic carbocycles. The molecule has 1 aromatic rings. The number of rotatable bonds is 5. The zero-order chi connectivity index (χ0) is 15.8. The second-order valence-corrected chi connectivity index (χ2v) is 9.73. The molecule has 4 nitrogen and oxygen atoms in total. The van der Waals surface area contributed by atoms with Crippen LogP contribution in [-0.2, 0) is 16.6 Å². The average molecular weight is 331 g/mol. The lowest BCUT2D eigenvalue weighted by Gasteiger charge is -2.19. The van der Waals surface area contributed by atoms with Gasteiger partial charge in [-0.25, -0.2) is 8.42 Å². The minimum absolute atomic E-state index is 0.102. The Balaban J connectivity index is 2.23. The van der Waals surface area contributed by atoms with Gasteiger partial charge >= 0.3 is 0 Å². The smallest absolute Gasteiger partial charge is 0.252 e. The molecule has 1 aromatic heterocycles. The highest BCUT2D eigenvalue weighted by Crippen LogP contribution is 2.33. The molecule has 120 valence electrons. The molecule has 1 saturated heterocycles. The fraction of sp³-hybridized carbons (Fsp3) is 0.733. The molecule has 2 unspecified atom stereocenters. The van der Waals surface area contributed by atoms with Crippen molar-refractivity contribution < 1.29 is 8.42 Å². The first-order valence-electron chi connectivity index (χ1n) is 7.56. The molecule has 2 rings (SSSR count). The van der Waals surface area contributed by atoms with Crippen molar-refractivity contribution in [3.05, 3.63) is 16.5 Å². The van der Waals surface area contributed by atoms with E-state index >= 15 is 0 Å². The van der Waals surface area contributed by atoms with Crippen LogP contribution in [0.1, 0.15) is 44.6 Å². The van der Waals surface area contributed by atoms with Gasteiger partial charge in [0.1, 0.15) is 4.21 Å². The van der Waals surface area contributed by atoms with Gasteiger partial charge in [0.25, 0.3) is 10.0 Å². The maximum absolute atomic E-state index is 12.8. The highest BCUT2D eigenvalue weighted by molar-refractivity contribution is 7.91. The molecule has 0 aliphatic carbocycles.